The second-order valence-corrected chi connectivity index (χ2v) is 4.93. The van der Waals surface area contributed by atoms with E-state index in [2.05, 4.69) is 10.5 Å². The summed E-state index contributed by atoms with van der Waals surface area (Å²) >= 11 is 11.8. The van der Waals surface area contributed by atoms with Crippen LogP contribution in [0.1, 0.15) is 5.56 Å². The van der Waals surface area contributed by atoms with Gasteiger partial charge in [-0.05, 0) is 42.0 Å². The van der Waals surface area contributed by atoms with E-state index in [0.29, 0.717) is 21.5 Å². The van der Waals surface area contributed by atoms with Crippen LogP contribution in [0, 0.1) is 0 Å². The summed E-state index contributed by atoms with van der Waals surface area (Å²) in [6, 6.07) is 10.7. The van der Waals surface area contributed by atoms with Gasteiger partial charge in [-0.3, -0.25) is 5.43 Å². The predicted octanol–water partition coefficient (Wildman–Crippen LogP) is 4.46. The molecule has 4 nitrogen and oxygen atoms in total. The molecule has 21 heavy (non-hydrogen) atoms. The van der Waals surface area contributed by atoms with Crippen molar-refractivity contribution in [2.24, 2.45) is 5.10 Å². The minimum Gasteiger partial charge on any atom is -0.493 e. The van der Waals surface area contributed by atoms with E-state index in [1.54, 1.807) is 38.6 Å². The van der Waals surface area contributed by atoms with Gasteiger partial charge in [-0.25, -0.2) is 0 Å². The van der Waals surface area contributed by atoms with Crippen LogP contribution in [-0.2, 0) is 0 Å². The summed E-state index contributed by atoms with van der Waals surface area (Å²) in [5.74, 6) is 1.32. The number of hydrogen-bond donors (Lipinski definition) is 1. The van der Waals surface area contributed by atoms with Crippen LogP contribution in [0.15, 0.2) is 41.5 Å². The highest BCUT2D eigenvalue weighted by Crippen LogP contribution is 2.27. The maximum Gasteiger partial charge on any atom is 0.161 e. The number of hydrogen-bond acceptors (Lipinski definition) is 4. The van der Waals surface area contributed by atoms with E-state index in [1.165, 1.54) is 0 Å². The van der Waals surface area contributed by atoms with Crippen LogP contribution in [0.2, 0.25) is 10.0 Å². The second kappa shape index (κ2) is 7.20. The van der Waals surface area contributed by atoms with Crippen molar-refractivity contribution in [1.29, 1.82) is 0 Å². The molecule has 110 valence electrons. The van der Waals surface area contributed by atoms with Crippen LogP contribution in [0.5, 0.6) is 11.5 Å². The molecule has 0 saturated heterocycles. The molecule has 0 aromatic heterocycles. The van der Waals surface area contributed by atoms with E-state index in [0.717, 1.165) is 11.3 Å². The van der Waals surface area contributed by atoms with Crippen molar-refractivity contribution in [3.63, 3.8) is 0 Å². The summed E-state index contributed by atoms with van der Waals surface area (Å²) in [6.07, 6.45) is 1.67. The van der Waals surface area contributed by atoms with Crippen molar-refractivity contribution < 1.29 is 9.47 Å². The molecule has 0 bridgehead atoms. The van der Waals surface area contributed by atoms with Crippen molar-refractivity contribution in [2.75, 3.05) is 19.6 Å². The van der Waals surface area contributed by atoms with Crippen molar-refractivity contribution in [2.45, 2.75) is 0 Å². The maximum atomic E-state index is 5.93. The van der Waals surface area contributed by atoms with Crippen LogP contribution in [0.25, 0.3) is 0 Å². The van der Waals surface area contributed by atoms with Gasteiger partial charge in [0.05, 0.1) is 36.2 Å². The largest absolute Gasteiger partial charge is 0.493 e. The monoisotopic (exact) mass is 324 g/mol. The van der Waals surface area contributed by atoms with Gasteiger partial charge in [0, 0.05) is 0 Å². The van der Waals surface area contributed by atoms with Gasteiger partial charge in [0.1, 0.15) is 0 Å². The van der Waals surface area contributed by atoms with Crippen LogP contribution in [0.3, 0.4) is 0 Å². The van der Waals surface area contributed by atoms with Crippen LogP contribution < -0.4 is 14.9 Å². The molecule has 0 atom stereocenters. The highest BCUT2D eigenvalue weighted by Gasteiger charge is 2.03. The summed E-state index contributed by atoms with van der Waals surface area (Å²) in [6.45, 7) is 0. The van der Waals surface area contributed by atoms with Gasteiger partial charge in [0.2, 0.25) is 0 Å². The van der Waals surface area contributed by atoms with E-state index >= 15 is 0 Å². The molecule has 0 unspecified atom stereocenters. The lowest BCUT2D eigenvalue weighted by Crippen LogP contribution is -1.94. The highest BCUT2D eigenvalue weighted by molar-refractivity contribution is 6.42. The predicted molar refractivity (Wildman–Crippen MR) is 87.2 cm³/mol. The second-order valence-electron chi connectivity index (χ2n) is 4.11. The average molecular weight is 325 g/mol. The fraction of sp³-hybridized carbons (Fsp3) is 0.133. The van der Waals surface area contributed by atoms with E-state index < -0.39 is 0 Å². The number of ether oxygens (including phenoxy) is 2. The third kappa shape index (κ3) is 4.03. The fourth-order valence-corrected chi connectivity index (χ4v) is 1.98. The number of halogens is 2. The van der Waals surface area contributed by atoms with Crippen LogP contribution >= 0.6 is 23.2 Å². The lowest BCUT2D eigenvalue weighted by molar-refractivity contribution is 0.355. The molecule has 0 heterocycles. The Morgan fingerprint density at radius 3 is 2.38 bits per heavy atom. The molecule has 0 fully saturated rings. The maximum absolute atomic E-state index is 5.93. The first kappa shape index (κ1) is 15.5. The summed E-state index contributed by atoms with van der Waals surface area (Å²) in [5.41, 5.74) is 4.51. The Balaban J connectivity index is 2.08. The fourth-order valence-electron chi connectivity index (χ4n) is 1.68. The average Bonchev–Trinajstić information content (AvgIpc) is 2.50. The zero-order chi connectivity index (χ0) is 15.2. The minimum absolute atomic E-state index is 0.475. The third-order valence-corrected chi connectivity index (χ3v) is 3.47. The van der Waals surface area contributed by atoms with Gasteiger partial charge < -0.3 is 9.47 Å². The Kier molecular flexibility index (Phi) is 5.31. The number of nitrogens with one attached hydrogen (secondary N) is 1. The van der Waals surface area contributed by atoms with Crippen molar-refractivity contribution in [3.05, 3.63) is 52.0 Å². The molecule has 0 aliphatic rings. The Morgan fingerprint density at radius 1 is 0.952 bits per heavy atom. The molecular weight excluding hydrogens is 311 g/mol. The number of hydrazone groups is 1. The minimum atomic E-state index is 0.475. The van der Waals surface area contributed by atoms with Crippen molar-refractivity contribution in [3.8, 4) is 11.5 Å². The summed E-state index contributed by atoms with van der Waals surface area (Å²) in [4.78, 5) is 0. The number of nitrogens with zero attached hydrogens (tertiary/aromatic N) is 1. The molecule has 0 spiro atoms. The van der Waals surface area contributed by atoms with Gasteiger partial charge >= 0.3 is 0 Å². The van der Waals surface area contributed by atoms with Crippen LogP contribution in [0.4, 0.5) is 5.69 Å². The van der Waals surface area contributed by atoms with Gasteiger partial charge in [-0.15, -0.1) is 0 Å². The van der Waals surface area contributed by atoms with Gasteiger partial charge in [-0.2, -0.15) is 5.10 Å². The Hall–Kier alpha value is -1.91. The topological polar surface area (TPSA) is 42.8 Å². The lowest BCUT2D eigenvalue weighted by atomic mass is 10.2. The number of rotatable bonds is 5. The van der Waals surface area contributed by atoms with Gasteiger partial charge in [0.25, 0.3) is 0 Å². The van der Waals surface area contributed by atoms with E-state index in [-0.39, 0.29) is 0 Å². The normalized spacial score (nSPS) is 10.7. The number of benzene rings is 2. The molecule has 0 radical (unpaired) electrons. The molecule has 2 aromatic rings. The molecular formula is C15H14Cl2N2O2. The summed E-state index contributed by atoms with van der Waals surface area (Å²) < 4.78 is 10.4. The Morgan fingerprint density at radius 2 is 1.71 bits per heavy atom. The number of methoxy groups -OCH3 is 2. The first-order chi connectivity index (χ1) is 10.1. The smallest absolute Gasteiger partial charge is 0.161 e. The summed E-state index contributed by atoms with van der Waals surface area (Å²) in [7, 11) is 3.18. The van der Waals surface area contributed by atoms with E-state index in [9.17, 15) is 0 Å². The zero-order valence-electron chi connectivity index (χ0n) is 11.6. The zero-order valence-corrected chi connectivity index (χ0v) is 13.1. The molecule has 2 rings (SSSR count). The van der Waals surface area contributed by atoms with E-state index in [4.69, 9.17) is 32.7 Å². The highest BCUT2D eigenvalue weighted by atomic mass is 35.5. The quantitative estimate of drug-likeness (QED) is 0.652. The van der Waals surface area contributed by atoms with Crippen LogP contribution in [-0.4, -0.2) is 20.4 Å². The molecule has 0 saturated carbocycles. The van der Waals surface area contributed by atoms with Gasteiger partial charge in [0.15, 0.2) is 11.5 Å². The first-order valence-corrected chi connectivity index (χ1v) is 6.86. The first-order valence-electron chi connectivity index (χ1n) is 6.10. The molecule has 2 aromatic carbocycles. The standard InChI is InChI=1S/C15H14Cl2N2O2/c1-20-14-6-3-10(7-15(14)21-2)9-18-19-11-4-5-12(16)13(17)8-11/h3-9,19H,1-2H3. The Labute approximate surface area is 133 Å². The van der Waals surface area contributed by atoms with Crippen molar-refractivity contribution >= 4 is 35.1 Å². The third-order valence-electron chi connectivity index (χ3n) is 2.73. The lowest BCUT2D eigenvalue weighted by Gasteiger charge is -2.07. The molecule has 0 amide bonds. The molecule has 1 N–H and O–H groups in total. The molecule has 0 aliphatic heterocycles. The Bertz CT molecular complexity index is 660. The van der Waals surface area contributed by atoms with E-state index in [1.807, 2.05) is 18.2 Å². The van der Waals surface area contributed by atoms with Gasteiger partial charge in [-0.1, -0.05) is 23.2 Å². The summed E-state index contributed by atoms with van der Waals surface area (Å²) in [5, 5.41) is 5.12. The SMILES string of the molecule is COc1ccc(C=NNc2ccc(Cl)c(Cl)c2)cc1OC. The molecule has 0 aliphatic carbocycles. The number of anilines is 1. The molecule has 6 heteroatoms. The van der Waals surface area contributed by atoms with Crippen molar-refractivity contribution in [1.82, 2.24) is 0 Å².